The number of benzene rings is 3. The second-order valence-electron chi connectivity index (χ2n) is 9.37. The SMILES string of the molecule is C[n+]1c2ccccc2c(C2C=C(C(C)(C)C)C([O-])c3ccccc32)c2ccccc21. The summed E-state index contributed by atoms with van der Waals surface area (Å²) < 4.78 is 2.27. The number of nitrogens with zero attached hydrogens (tertiary/aromatic N) is 1. The molecule has 1 aromatic heterocycles. The van der Waals surface area contributed by atoms with Crippen LogP contribution < -0.4 is 9.67 Å². The van der Waals surface area contributed by atoms with Crippen molar-refractivity contribution in [1.82, 2.24) is 0 Å². The number of allylic oxidation sites excluding steroid dienone is 1. The summed E-state index contributed by atoms with van der Waals surface area (Å²) >= 11 is 0. The highest BCUT2D eigenvalue weighted by molar-refractivity contribution is 5.95. The molecule has 0 spiro atoms. The van der Waals surface area contributed by atoms with E-state index in [0.29, 0.717) is 0 Å². The van der Waals surface area contributed by atoms with Crippen LogP contribution in [0.1, 0.15) is 49.5 Å². The van der Waals surface area contributed by atoms with E-state index in [2.05, 4.69) is 99.1 Å². The minimum absolute atomic E-state index is 0.0524. The zero-order valence-electron chi connectivity index (χ0n) is 18.0. The number of aromatic nitrogens is 1. The van der Waals surface area contributed by atoms with E-state index in [1.807, 2.05) is 12.1 Å². The third-order valence-electron chi connectivity index (χ3n) is 6.53. The Labute approximate surface area is 178 Å². The molecule has 1 aliphatic rings. The molecule has 2 unspecified atom stereocenters. The molecule has 2 nitrogen and oxygen atoms in total. The predicted molar refractivity (Wildman–Crippen MR) is 121 cm³/mol. The van der Waals surface area contributed by atoms with Gasteiger partial charge in [-0.05, 0) is 28.7 Å². The van der Waals surface area contributed by atoms with Crippen LogP contribution in [-0.4, -0.2) is 0 Å². The first kappa shape index (κ1) is 19.0. The molecule has 30 heavy (non-hydrogen) atoms. The molecule has 1 heterocycles. The third kappa shape index (κ3) is 2.79. The normalized spacial score (nSPS) is 19.0. The van der Waals surface area contributed by atoms with E-state index >= 15 is 0 Å². The topological polar surface area (TPSA) is 26.9 Å². The quantitative estimate of drug-likeness (QED) is 0.244. The van der Waals surface area contributed by atoms with Gasteiger partial charge < -0.3 is 5.11 Å². The molecule has 4 aromatic rings. The van der Waals surface area contributed by atoms with E-state index in [-0.39, 0.29) is 11.3 Å². The molecule has 0 saturated carbocycles. The van der Waals surface area contributed by atoms with Gasteiger partial charge in [-0.25, -0.2) is 0 Å². The average Bonchev–Trinajstić information content (AvgIpc) is 2.75. The Morgan fingerprint density at radius 1 is 0.733 bits per heavy atom. The van der Waals surface area contributed by atoms with Crippen molar-refractivity contribution in [1.29, 1.82) is 0 Å². The molecule has 2 atom stereocenters. The van der Waals surface area contributed by atoms with Crippen molar-refractivity contribution >= 4 is 21.8 Å². The smallest absolute Gasteiger partial charge is 0.213 e. The summed E-state index contributed by atoms with van der Waals surface area (Å²) in [6, 6.07) is 25.4. The van der Waals surface area contributed by atoms with Crippen LogP contribution in [-0.2, 0) is 7.05 Å². The van der Waals surface area contributed by atoms with Crippen LogP contribution in [0, 0.1) is 5.41 Å². The monoisotopic (exact) mass is 393 g/mol. The summed E-state index contributed by atoms with van der Waals surface area (Å²) in [5.74, 6) is 0.0524. The summed E-state index contributed by atoms with van der Waals surface area (Å²) in [4.78, 5) is 0. The maximum Gasteiger partial charge on any atom is 0.213 e. The fourth-order valence-electron chi connectivity index (χ4n) is 5.04. The van der Waals surface area contributed by atoms with Gasteiger partial charge in [0.15, 0.2) is 0 Å². The Bertz CT molecular complexity index is 1250. The fraction of sp³-hybridized carbons (Fsp3) is 0.250. The average molecular weight is 394 g/mol. The zero-order chi connectivity index (χ0) is 21.0. The highest BCUT2D eigenvalue weighted by atomic mass is 16.3. The largest absolute Gasteiger partial charge is 0.845 e. The number of hydrogen-bond donors (Lipinski definition) is 0. The number of aryl methyl sites for hydroxylation is 1. The van der Waals surface area contributed by atoms with Gasteiger partial charge in [-0.2, -0.15) is 4.57 Å². The van der Waals surface area contributed by atoms with Crippen molar-refractivity contribution in [3.63, 3.8) is 0 Å². The molecule has 0 N–H and O–H groups in total. The Morgan fingerprint density at radius 2 is 1.23 bits per heavy atom. The number of fused-ring (bicyclic) bond motifs is 3. The summed E-state index contributed by atoms with van der Waals surface area (Å²) in [6.45, 7) is 6.45. The van der Waals surface area contributed by atoms with Crippen LogP contribution in [0.3, 0.4) is 0 Å². The van der Waals surface area contributed by atoms with Gasteiger partial charge in [0.05, 0.1) is 10.8 Å². The van der Waals surface area contributed by atoms with Crippen LogP contribution in [0.5, 0.6) is 0 Å². The van der Waals surface area contributed by atoms with Crippen LogP contribution >= 0.6 is 0 Å². The molecule has 0 saturated heterocycles. The first-order chi connectivity index (χ1) is 14.4. The summed E-state index contributed by atoms with van der Waals surface area (Å²) in [6.07, 6.45) is 1.45. The lowest BCUT2D eigenvalue weighted by Gasteiger charge is -2.42. The lowest BCUT2D eigenvalue weighted by atomic mass is 9.70. The van der Waals surface area contributed by atoms with E-state index in [1.165, 1.54) is 27.4 Å². The molecule has 0 fully saturated rings. The molecule has 5 rings (SSSR count). The third-order valence-corrected chi connectivity index (χ3v) is 6.53. The standard InChI is InChI=1S/C28H27NO/c1-28(2,3)23-17-22(18-11-5-6-12-19(18)27(23)30)26-20-13-7-9-15-24(20)29(4)25-16-10-8-14-21(25)26/h5-17,22,27H,1-4H3. The van der Waals surface area contributed by atoms with Gasteiger partial charge >= 0.3 is 0 Å². The molecule has 0 amide bonds. The van der Waals surface area contributed by atoms with Gasteiger partial charge in [-0.1, -0.05) is 92.6 Å². The zero-order valence-corrected chi connectivity index (χ0v) is 18.0. The molecule has 0 radical (unpaired) electrons. The Kier molecular flexibility index (Phi) is 4.30. The van der Waals surface area contributed by atoms with Crippen LogP contribution in [0.15, 0.2) is 84.4 Å². The molecule has 150 valence electrons. The summed E-state index contributed by atoms with van der Waals surface area (Å²) in [5.41, 5.74) is 6.56. The summed E-state index contributed by atoms with van der Waals surface area (Å²) in [7, 11) is 2.13. The van der Waals surface area contributed by atoms with Crippen molar-refractivity contribution in [3.8, 4) is 0 Å². The second-order valence-corrected chi connectivity index (χ2v) is 9.37. The minimum Gasteiger partial charge on any atom is -0.845 e. The molecule has 0 bridgehead atoms. The number of rotatable bonds is 1. The molecule has 1 aliphatic carbocycles. The van der Waals surface area contributed by atoms with Crippen LogP contribution in [0.4, 0.5) is 0 Å². The van der Waals surface area contributed by atoms with E-state index in [1.54, 1.807) is 0 Å². The van der Waals surface area contributed by atoms with Crippen LogP contribution in [0.2, 0.25) is 0 Å². The molecule has 3 aromatic carbocycles. The lowest BCUT2D eigenvalue weighted by molar-refractivity contribution is -0.617. The van der Waals surface area contributed by atoms with Gasteiger partial charge in [0, 0.05) is 18.1 Å². The predicted octanol–water partition coefficient (Wildman–Crippen LogP) is 5.34. The van der Waals surface area contributed by atoms with Crippen molar-refractivity contribution in [2.24, 2.45) is 12.5 Å². The Morgan fingerprint density at radius 3 is 1.80 bits per heavy atom. The fourth-order valence-corrected chi connectivity index (χ4v) is 5.04. The maximum absolute atomic E-state index is 13.4. The second kappa shape index (κ2) is 6.78. The van der Waals surface area contributed by atoms with E-state index in [4.69, 9.17) is 0 Å². The van der Waals surface area contributed by atoms with E-state index in [9.17, 15) is 5.11 Å². The van der Waals surface area contributed by atoms with Gasteiger partial charge in [0.1, 0.15) is 7.05 Å². The first-order valence-corrected chi connectivity index (χ1v) is 10.6. The molecular formula is C28H27NO. The van der Waals surface area contributed by atoms with Gasteiger partial charge in [0.25, 0.3) is 0 Å². The number of para-hydroxylation sites is 2. The number of pyridine rings is 1. The minimum atomic E-state index is -0.810. The van der Waals surface area contributed by atoms with Crippen LogP contribution in [0.25, 0.3) is 21.8 Å². The Balaban J connectivity index is 1.93. The van der Waals surface area contributed by atoms with Gasteiger partial charge in [-0.3, -0.25) is 0 Å². The molecule has 0 aliphatic heterocycles. The molecule has 2 heteroatoms. The molecular weight excluding hydrogens is 366 g/mol. The van der Waals surface area contributed by atoms with E-state index < -0.39 is 6.10 Å². The van der Waals surface area contributed by atoms with Crippen molar-refractivity contribution in [3.05, 3.63) is 101 Å². The highest BCUT2D eigenvalue weighted by Gasteiger charge is 2.32. The van der Waals surface area contributed by atoms with Gasteiger partial charge in [0.2, 0.25) is 11.0 Å². The maximum atomic E-state index is 13.4. The van der Waals surface area contributed by atoms with Crippen molar-refractivity contribution < 1.29 is 9.67 Å². The first-order valence-electron chi connectivity index (χ1n) is 10.6. The van der Waals surface area contributed by atoms with Crippen molar-refractivity contribution in [2.75, 3.05) is 0 Å². The highest BCUT2D eigenvalue weighted by Crippen LogP contribution is 2.47. The summed E-state index contributed by atoms with van der Waals surface area (Å²) in [5, 5.41) is 15.9. The van der Waals surface area contributed by atoms with Crippen molar-refractivity contribution in [2.45, 2.75) is 32.8 Å². The Hall–Kier alpha value is -2.97. The number of hydrogen-bond acceptors (Lipinski definition) is 1. The lowest BCUT2D eigenvalue weighted by Crippen LogP contribution is -2.32. The van der Waals surface area contributed by atoms with E-state index in [0.717, 1.165) is 16.7 Å². The van der Waals surface area contributed by atoms with Gasteiger partial charge in [-0.15, -0.1) is 0 Å².